The summed E-state index contributed by atoms with van der Waals surface area (Å²) in [5.74, 6) is -0.623. The SMILES string of the molecule is CS(=O)(=O)N1CC(C(=O)Nc2ccc(-c3ccccc3S(N)(=O)=O)cc2)=C(c2cccc(C(=N)N)c2)C1. The van der Waals surface area contributed by atoms with Gasteiger partial charge in [-0.2, -0.15) is 4.31 Å². The van der Waals surface area contributed by atoms with E-state index in [1.807, 2.05) is 0 Å². The molecule has 0 bridgehead atoms. The summed E-state index contributed by atoms with van der Waals surface area (Å²) in [4.78, 5) is 13.3. The fraction of sp³-hybridized carbons (Fsp3) is 0.120. The van der Waals surface area contributed by atoms with Crippen molar-refractivity contribution < 1.29 is 21.6 Å². The smallest absolute Gasteiger partial charge is 0.253 e. The quantitative estimate of drug-likeness (QED) is 0.263. The second kappa shape index (κ2) is 9.90. The Bertz CT molecular complexity index is 1650. The van der Waals surface area contributed by atoms with Crippen molar-refractivity contribution in [1.29, 1.82) is 5.41 Å². The van der Waals surface area contributed by atoms with Crippen molar-refractivity contribution in [3.63, 3.8) is 0 Å². The summed E-state index contributed by atoms with van der Waals surface area (Å²) >= 11 is 0. The third kappa shape index (κ3) is 5.78. The number of amides is 1. The van der Waals surface area contributed by atoms with E-state index in [0.717, 1.165) is 6.26 Å². The summed E-state index contributed by atoms with van der Waals surface area (Å²) in [6.07, 6.45) is 1.08. The third-order valence-corrected chi connectivity index (χ3v) is 8.11. The van der Waals surface area contributed by atoms with E-state index in [0.29, 0.717) is 33.5 Å². The van der Waals surface area contributed by atoms with Crippen LogP contribution in [0, 0.1) is 5.41 Å². The fourth-order valence-corrected chi connectivity index (χ4v) is 5.56. The van der Waals surface area contributed by atoms with Crippen LogP contribution in [0.15, 0.2) is 83.3 Å². The minimum absolute atomic E-state index is 0.00618. The first-order valence-corrected chi connectivity index (χ1v) is 14.4. The predicted octanol–water partition coefficient (Wildman–Crippen LogP) is 1.95. The molecule has 37 heavy (non-hydrogen) atoms. The molecule has 4 rings (SSSR count). The van der Waals surface area contributed by atoms with Gasteiger partial charge in [0, 0.05) is 35.5 Å². The normalized spacial score (nSPS) is 14.5. The number of nitrogens with zero attached hydrogens (tertiary/aromatic N) is 1. The lowest BCUT2D eigenvalue weighted by Gasteiger charge is -2.13. The summed E-state index contributed by atoms with van der Waals surface area (Å²) in [6, 6.07) is 19.6. The molecule has 0 saturated heterocycles. The summed E-state index contributed by atoms with van der Waals surface area (Å²) in [7, 11) is -7.51. The highest BCUT2D eigenvalue weighted by Gasteiger charge is 2.32. The molecule has 0 aliphatic carbocycles. The van der Waals surface area contributed by atoms with Gasteiger partial charge in [-0.1, -0.05) is 48.5 Å². The molecule has 0 radical (unpaired) electrons. The van der Waals surface area contributed by atoms with E-state index < -0.39 is 26.0 Å². The van der Waals surface area contributed by atoms with Crippen LogP contribution in [-0.2, 0) is 24.8 Å². The standard InChI is InChI=1S/C25H25N5O5S2/c1-36(32,33)30-14-21(17-5-4-6-18(13-17)24(26)27)22(15-30)25(31)29-19-11-9-16(10-12-19)20-7-2-3-8-23(20)37(28,34)35/h2-13H,14-15H2,1H3,(H3,26,27)(H,29,31)(H2,28,34,35). The minimum Gasteiger partial charge on any atom is -0.384 e. The van der Waals surface area contributed by atoms with Gasteiger partial charge >= 0.3 is 0 Å². The van der Waals surface area contributed by atoms with Crippen molar-refractivity contribution >= 4 is 43.0 Å². The molecule has 1 amide bonds. The van der Waals surface area contributed by atoms with Crippen molar-refractivity contribution in [2.75, 3.05) is 24.7 Å². The number of benzene rings is 3. The van der Waals surface area contributed by atoms with Crippen LogP contribution in [0.2, 0.25) is 0 Å². The fourth-order valence-electron chi connectivity index (χ4n) is 4.08. The van der Waals surface area contributed by atoms with E-state index in [1.54, 1.807) is 66.7 Å². The molecule has 3 aromatic rings. The molecule has 1 aliphatic heterocycles. The summed E-state index contributed by atoms with van der Waals surface area (Å²) < 4.78 is 49.6. The highest BCUT2D eigenvalue weighted by atomic mass is 32.2. The Morgan fingerprint density at radius 2 is 1.59 bits per heavy atom. The molecule has 0 atom stereocenters. The van der Waals surface area contributed by atoms with Gasteiger partial charge < -0.3 is 11.1 Å². The van der Waals surface area contributed by atoms with Gasteiger partial charge in [0.25, 0.3) is 5.91 Å². The number of nitrogens with two attached hydrogens (primary N) is 2. The Balaban J connectivity index is 1.65. The monoisotopic (exact) mass is 539 g/mol. The lowest BCUT2D eigenvalue weighted by atomic mass is 9.99. The van der Waals surface area contributed by atoms with Crippen LogP contribution in [0.4, 0.5) is 5.69 Å². The first-order chi connectivity index (χ1) is 17.3. The van der Waals surface area contributed by atoms with Crippen molar-refractivity contribution in [2.45, 2.75) is 4.90 Å². The van der Waals surface area contributed by atoms with Crippen LogP contribution in [0.25, 0.3) is 16.7 Å². The van der Waals surface area contributed by atoms with Gasteiger partial charge in [-0.15, -0.1) is 0 Å². The Morgan fingerprint density at radius 1 is 0.919 bits per heavy atom. The highest BCUT2D eigenvalue weighted by molar-refractivity contribution is 7.89. The lowest BCUT2D eigenvalue weighted by molar-refractivity contribution is -0.112. The number of carbonyl (C=O) groups is 1. The average molecular weight is 540 g/mol. The second-order valence-electron chi connectivity index (χ2n) is 8.56. The van der Waals surface area contributed by atoms with Crippen molar-refractivity contribution in [3.05, 3.63) is 89.5 Å². The zero-order valence-corrected chi connectivity index (χ0v) is 21.4. The number of hydrogen-bond donors (Lipinski definition) is 4. The average Bonchev–Trinajstić information content (AvgIpc) is 3.31. The number of anilines is 1. The molecule has 3 aromatic carbocycles. The maximum Gasteiger partial charge on any atom is 0.253 e. The molecule has 6 N–H and O–H groups in total. The van der Waals surface area contributed by atoms with E-state index in [4.69, 9.17) is 16.3 Å². The molecule has 1 heterocycles. The number of nitrogens with one attached hydrogen (secondary N) is 2. The number of rotatable bonds is 7. The Hall–Kier alpha value is -3.84. The van der Waals surface area contributed by atoms with Gasteiger partial charge in [0.15, 0.2) is 0 Å². The van der Waals surface area contributed by atoms with Crippen LogP contribution in [0.5, 0.6) is 0 Å². The molecule has 12 heteroatoms. The van der Waals surface area contributed by atoms with Crippen LogP contribution in [-0.4, -0.2) is 52.2 Å². The van der Waals surface area contributed by atoms with E-state index in [9.17, 15) is 21.6 Å². The molecule has 0 aromatic heterocycles. The van der Waals surface area contributed by atoms with E-state index >= 15 is 0 Å². The zero-order valence-electron chi connectivity index (χ0n) is 19.8. The van der Waals surface area contributed by atoms with Gasteiger partial charge in [-0.3, -0.25) is 10.2 Å². The predicted molar refractivity (Wildman–Crippen MR) is 143 cm³/mol. The Kier molecular flexibility index (Phi) is 7.02. The number of primary sulfonamides is 1. The van der Waals surface area contributed by atoms with Gasteiger partial charge in [-0.05, 0) is 41.0 Å². The number of nitrogen functional groups attached to an aromatic ring is 1. The number of carbonyl (C=O) groups excluding carboxylic acids is 1. The van der Waals surface area contributed by atoms with Crippen LogP contribution >= 0.6 is 0 Å². The number of hydrogen-bond acceptors (Lipinski definition) is 6. The summed E-state index contributed by atoms with van der Waals surface area (Å²) in [6.45, 7) is -0.101. The highest BCUT2D eigenvalue weighted by Crippen LogP contribution is 2.31. The molecule has 0 unspecified atom stereocenters. The molecular formula is C25H25N5O5S2. The number of sulfonamides is 2. The summed E-state index contributed by atoms with van der Waals surface area (Å²) in [5, 5.41) is 15.8. The van der Waals surface area contributed by atoms with Crippen LogP contribution in [0.3, 0.4) is 0 Å². The van der Waals surface area contributed by atoms with Gasteiger partial charge in [0.1, 0.15) is 5.84 Å². The van der Waals surface area contributed by atoms with Crippen molar-refractivity contribution in [3.8, 4) is 11.1 Å². The first-order valence-electron chi connectivity index (χ1n) is 11.0. The molecule has 0 spiro atoms. The van der Waals surface area contributed by atoms with E-state index in [-0.39, 0.29) is 29.4 Å². The molecule has 192 valence electrons. The second-order valence-corrected chi connectivity index (χ2v) is 12.1. The number of amidine groups is 1. The third-order valence-electron chi connectivity index (χ3n) is 5.95. The minimum atomic E-state index is -3.93. The molecule has 0 fully saturated rings. The Morgan fingerprint density at radius 3 is 2.22 bits per heavy atom. The molecule has 10 nitrogen and oxygen atoms in total. The van der Waals surface area contributed by atoms with Crippen LogP contribution < -0.4 is 16.2 Å². The summed E-state index contributed by atoms with van der Waals surface area (Å²) in [5.41, 5.74) is 8.90. The molecule has 1 aliphatic rings. The lowest BCUT2D eigenvalue weighted by Crippen LogP contribution is -2.29. The topological polar surface area (TPSA) is 177 Å². The zero-order chi connectivity index (χ0) is 27.0. The van der Waals surface area contributed by atoms with Crippen molar-refractivity contribution in [1.82, 2.24) is 4.31 Å². The van der Waals surface area contributed by atoms with E-state index in [1.165, 1.54) is 10.4 Å². The first kappa shape index (κ1) is 26.2. The molecular weight excluding hydrogens is 514 g/mol. The maximum atomic E-state index is 13.3. The van der Waals surface area contributed by atoms with E-state index in [2.05, 4.69) is 5.32 Å². The largest absolute Gasteiger partial charge is 0.384 e. The van der Waals surface area contributed by atoms with Crippen LogP contribution in [0.1, 0.15) is 11.1 Å². The van der Waals surface area contributed by atoms with Gasteiger partial charge in [0.2, 0.25) is 20.0 Å². The Labute approximate surface area is 215 Å². The van der Waals surface area contributed by atoms with Gasteiger partial charge in [0.05, 0.1) is 11.2 Å². The molecule has 0 saturated carbocycles. The van der Waals surface area contributed by atoms with Gasteiger partial charge in [-0.25, -0.2) is 22.0 Å². The maximum absolute atomic E-state index is 13.3. The van der Waals surface area contributed by atoms with Crippen molar-refractivity contribution in [2.24, 2.45) is 10.9 Å².